The first kappa shape index (κ1) is 21.3. The third-order valence-electron chi connectivity index (χ3n) is 3.64. The molecule has 0 aliphatic carbocycles. The van der Waals surface area contributed by atoms with Gasteiger partial charge in [-0.15, -0.1) is 6.42 Å². The number of nitriles is 1. The summed E-state index contributed by atoms with van der Waals surface area (Å²) >= 11 is 4.29. The van der Waals surface area contributed by atoms with Gasteiger partial charge in [-0.1, -0.05) is 36.3 Å². The number of amides is 1. The Labute approximate surface area is 186 Å². The molecule has 6 heteroatoms. The van der Waals surface area contributed by atoms with Crippen LogP contribution in [0.2, 0.25) is 0 Å². The number of ether oxygens (including phenoxy) is 1. The highest BCUT2D eigenvalue weighted by Gasteiger charge is 2.15. The van der Waals surface area contributed by atoms with Crippen LogP contribution in [-0.4, -0.2) is 12.5 Å². The molecule has 0 unspecified atom stereocenters. The third-order valence-corrected chi connectivity index (χ3v) is 5.25. The van der Waals surface area contributed by atoms with E-state index in [1.807, 2.05) is 55.5 Å². The van der Waals surface area contributed by atoms with Crippen LogP contribution in [0.25, 0.3) is 6.08 Å². The molecule has 0 heterocycles. The summed E-state index contributed by atoms with van der Waals surface area (Å²) in [6, 6.07) is 15.1. The highest BCUT2D eigenvalue weighted by Crippen LogP contribution is 2.29. The summed E-state index contributed by atoms with van der Waals surface area (Å²) in [4.78, 5) is 12.5. The maximum Gasteiger partial charge on any atom is 0.262 e. The van der Waals surface area contributed by atoms with Gasteiger partial charge in [0.1, 0.15) is 24.0 Å². The molecule has 27 heavy (non-hydrogen) atoms. The lowest BCUT2D eigenvalue weighted by molar-refractivity contribution is -0.117. The summed E-state index contributed by atoms with van der Waals surface area (Å²) in [5.74, 6) is 2.73. The van der Waals surface area contributed by atoms with E-state index in [4.69, 9.17) is 11.2 Å². The van der Waals surface area contributed by atoms with Crippen molar-refractivity contribution >= 4 is 57.2 Å². The van der Waals surface area contributed by atoms with Crippen LogP contribution in [-0.2, 0) is 4.79 Å². The van der Waals surface area contributed by atoms with Crippen molar-refractivity contribution in [3.8, 4) is 24.2 Å². The van der Waals surface area contributed by atoms with Crippen LogP contribution >= 0.6 is 45.2 Å². The maximum atomic E-state index is 12.5. The fraction of sp³-hybridized carbons (Fsp3) is 0.143. The monoisotopic (exact) mass is 582 g/mol. The van der Waals surface area contributed by atoms with Crippen LogP contribution in [0.4, 0.5) is 0 Å². The molecule has 0 saturated carbocycles. The van der Waals surface area contributed by atoms with Crippen molar-refractivity contribution in [2.75, 3.05) is 6.61 Å². The van der Waals surface area contributed by atoms with Crippen molar-refractivity contribution in [3.63, 3.8) is 0 Å². The lowest BCUT2D eigenvalue weighted by Gasteiger charge is -2.14. The first-order valence-electron chi connectivity index (χ1n) is 7.99. The molecule has 0 bridgehead atoms. The SMILES string of the molecule is C#CCOc1c(I)cc(/C=C(/C#N)C(=O)N[C@@H](C)c2ccccc2)cc1I. The molecule has 0 aromatic heterocycles. The standard InChI is InChI=1S/C21H16I2N2O2/c1-3-9-27-20-18(22)11-15(12-19(20)23)10-17(13-24)21(26)25-14(2)16-7-5-4-6-8-16/h1,4-8,10-12,14H,9H2,2H3,(H,25,26)/b17-10-/t14-/m0/s1. The first-order chi connectivity index (χ1) is 13.0. The van der Waals surface area contributed by atoms with Crippen LogP contribution in [0.5, 0.6) is 5.75 Å². The smallest absolute Gasteiger partial charge is 0.262 e. The number of hydrogen-bond donors (Lipinski definition) is 1. The molecule has 0 radical (unpaired) electrons. The summed E-state index contributed by atoms with van der Waals surface area (Å²) < 4.78 is 7.25. The zero-order valence-corrected chi connectivity index (χ0v) is 18.8. The molecule has 4 nitrogen and oxygen atoms in total. The number of halogens is 2. The second-order valence-corrected chi connectivity index (χ2v) is 7.91. The minimum Gasteiger partial charge on any atom is -0.479 e. The van der Waals surface area contributed by atoms with E-state index in [0.29, 0.717) is 5.75 Å². The molecule has 2 aromatic carbocycles. The molecular formula is C21H16I2N2O2. The molecule has 136 valence electrons. The largest absolute Gasteiger partial charge is 0.479 e. The normalized spacial score (nSPS) is 11.8. The summed E-state index contributed by atoms with van der Waals surface area (Å²) in [5, 5.41) is 12.3. The van der Waals surface area contributed by atoms with Crippen molar-refractivity contribution in [1.82, 2.24) is 5.32 Å². The van der Waals surface area contributed by atoms with E-state index in [9.17, 15) is 10.1 Å². The van der Waals surface area contributed by atoms with Crippen LogP contribution in [0.15, 0.2) is 48.0 Å². The van der Waals surface area contributed by atoms with Crippen molar-refractivity contribution in [1.29, 1.82) is 5.26 Å². The van der Waals surface area contributed by atoms with E-state index < -0.39 is 5.91 Å². The minimum atomic E-state index is -0.411. The molecule has 0 fully saturated rings. The van der Waals surface area contributed by atoms with E-state index in [1.165, 1.54) is 0 Å². The van der Waals surface area contributed by atoms with Crippen molar-refractivity contribution in [3.05, 3.63) is 66.3 Å². The van der Waals surface area contributed by atoms with E-state index in [1.54, 1.807) is 6.08 Å². The Morgan fingerprint density at radius 1 is 1.30 bits per heavy atom. The van der Waals surface area contributed by atoms with Gasteiger partial charge in [0.05, 0.1) is 13.2 Å². The van der Waals surface area contributed by atoms with Gasteiger partial charge in [0, 0.05) is 0 Å². The zero-order chi connectivity index (χ0) is 19.8. The van der Waals surface area contributed by atoms with Crippen LogP contribution in [0.1, 0.15) is 24.1 Å². The van der Waals surface area contributed by atoms with Gasteiger partial charge < -0.3 is 10.1 Å². The van der Waals surface area contributed by atoms with Gasteiger partial charge in [-0.25, -0.2) is 0 Å². The van der Waals surface area contributed by atoms with E-state index in [2.05, 4.69) is 56.4 Å². The summed E-state index contributed by atoms with van der Waals surface area (Å²) in [7, 11) is 0. The van der Waals surface area contributed by atoms with Gasteiger partial charge in [0.25, 0.3) is 5.91 Å². The fourth-order valence-electron chi connectivity index (χ4n) is 2.33. The van der Waals surface area contributed by atoms with Gasteiger partial charge in [0.2, 0.25) is 0 Å². The zero-order valence-electron chi connectivity index (χ0n) is 14.5. The average molecular weight is 582 g/mol. The molecule has 1 N–H and O–H groups in total. The lowest BCUT2D eigenvalue weighted by Crippen LogP contribution is -2.27. The number of hydrogen-bond acceptors (Lipinski definition) is 3. The number of carbonyl (C=O) groups excluding carboxylic acids is 1. The van der Waals surface area contributed by atoms with Crippen LogP contribution < -0.4 is 10.1 Å². The Balaban J connectivity index is 2.21. The lowest BCUT2D eigenvalue weighted by atomic mass is 10.1. The second-order valence-electron chi connectivity index (χ2n) is 5.58. The number of benzene rings is 2. The predicted molar refractivity (Wildman–Crippen MR) is 123 cm³/mol. The van der Waals surface area contributed by atoms with Crippen molar-refractivity contribution in [2.24, 2.45) is 0 Å². The van der Waals surface area contributed by atoms with Crippen molar-refractivity contribution < 1.29 is 9.53 Å². The van der Waals surface area contributed by atoms with Crippen molar-refractivity contribution in [2.45, 2.75) is 13.0 Å². The Morgan fingerprint density at radius 3 is 2.48 bits per heavy atom. The molecule has 0 aliphatic rings. The number of nitrogens with zero attached hydrogens (tertiary/aromatic N) is 1. The van der Waals surface area contributed by atoms with Gasteiger partial charge >= 0.3 is 0 Å². The van der Waals surface area contributed by atoms with E-state index >= 15 is 0 Å². The number of rotatable bonds is 6. The highest BCUT2D eigenvalue weighted by atomic mass is 127. The summed E-state index contributed by atoms with van der Waals surface area (Å²) in [5.41, 5.74) is 1.76. The Bertz CT molecular complexity index is 918. The molecule has 0 aliphatic heterocycles. The Kier molecular flexibility index (Phi) is 8.14. The molecular weight excluding hydrogens is 566 g/mol. The number of terminal acetylenes is 1. The fourth-order valence-corrected chi connectivity index (χ4v) is 4.46. The molecule has 1 atom stereocenters. The van der Waals surface area contributed by atoms with Gasteiger partial charge in [-0.05, 0) is 81.4 Å². The van der Waals surface area contributed by atoms with Crippen LogP contribution in [0.3, 0.4) is 0 Å². The molecule has 2 rings (SSSR count). The van der Waals surface area contributed by atoms with Gasteiger partial charge in [-0.3, -0.25) is 4.79 Å². The molecule has 2 aromatic rings. The minimum absolute atomic E-state index is 0.0432. The number of nitrogens with one attached hydrogen (secondary N) is 1. The van der Waals surface area contributed by atoms with Gasteiger partial charge in [-0.2, -0.15) is 5.26 Å². The third kappa shape index (κ3) is 5.98. The summed E-state index contributed by atoms with van der Waals surface area (Å²) in [6.07, 6.45) is 6.81. The van der Waals surface area contributed by atoms with Gasteiger partial charge in [0.15, 0.2) is 0 Å². The summed E-state index contributed by atoms with van der Waals surface area (Å²) in [6.45, 7) is 2.07. The second kappa shape index (κ2) is 10.3. The Morgan fingerprint density at radius 2 is 1.93 bits per heavy atom. The highest BCUT2D eigenvalue weighted by molar-refractivity contribution is 14.1. The van der Waals surface area contributed by atoms with E-state index in [0.717, 1.165) is 18.3 Å². The quantitative estimate of drug-likeness (QED) is 0.233. The molecule has 1 amide bonds. The molecule has 0 saturated heterocycles. The predicted octanol–water partition coefficient (Wildman–Crippen LogP) is 4.69. The number of carbonyl (C=O) groups is 1. The van der Waals surface area contributed by atoms with Crippen LogP contribution in [0, 0.1) is 30.8 Å². The Hall–Kier alpha value is -2.04. The molecule has 0 spiro atoms. The first-order valence-corrected chi connectivity index (χ1v) is 10.1. The average Bonchev–Trinajstić information content (AvgIpc) is 2.66. The van der Waals surface area contributed by atoms with E-state index in [-0.39, 0.29) is 18.2 Å². The topological polar surface area (TPSA) is 62.1 Å². The maximum absolute atomic E-state index is 12.5.